The van der Waals surface area contributed by atoms with Gasteiger partial charge in [0, 0.05) is 38.3 Å². The molecule has 2 unspecified atom stereocenters. The van der Waals surface area contributed by atoms with Crippen LogP contribution in [-0.4, -0.2) is 77.0 Å². The number of fused-ring (bicyclic) bond motifs is 1. The largest absolute Gasteiger partial charge is 0.366 e. The van der Waals surface area contributed by atoms with Gasteiger partial charge in [-0.05, 0) is 32.7 Å². The van der Waals surface area contributed by atoms with E-state index in [1.54, 1.807) is 0 Å². The van der Waals surface area contributed by atoms with Gasteiger partial charge in [-0.3, -0.25) is 9.69 Å². The van der Waals surface area contributed by atoms with E-state index in [1.807, 2.05) is 6.92 Å². The van der Waals surface area contributed by atoms with Gasteiger partial charge in [0.1, 0.15) is 17.6 Å². The minimum atomic E-state index is -0.255. The predicted molar refractivity (Wildman–Crippen MR) is 126 cm³/mol. The fraction of sp³-hybridized carbons (Fsp3) is 0.783. The van der Waals surface area contributed by atoms with Crippen molar-refractivity contribution in [2.24, 2.45) is 5.92 Å². The Bertz CT molecular complexity index is 784. The van der Waals surface area contributed by atoms with E-state index in [0.717, 1.165) is 50.8 Å². The summed E-state index contributed by atoms with van der Waals surface area (Å²) >= 11 is 0. The second kappa shape index (κ2) is 9.28. The molecule has 3 N–H and O–H groups in total. The molecule has 2 fully saturated rings. The van der Waals surface area contributed by atoms with Crippen molar-refractivity contribution in [1.29, 1.82) is 0 Å². The standard InChI is InChI=1S/C23H39N7O/c1-5-16(2)18-22(31)28-19-20(25-17(3)26-21(19)27-18)24-15-23(9-7-6-8-10-23)30-13-11-29(4)12-14-30/h16,18H,5-15H2,1-4H3,(H,28,31)(H2,24,25,26,27). The fourth-order valence-electron chi connectivity index (χ4n) is 5.32. The molecule has 2 aliphatic heterocycles. The Morgan fingerprint density at radius 2 is 1.87 bits per heavy atom. The molecule has 1 saturated carbocycles. The Hall–Kier alpha value is -1.93. The lowest BCUT2D eigenvalue weighted by molar-refractivity contribution is -0.118. The normalized spacial score (nSPS) is 25.3. The average Bonchev–Trinajstić information content (AvgIpc) is 2.78. The van der Waals surface area contributed by atoms with E-state index >= 15 is 0 Å². The van der Waals surface area contributed by atoms with Crippen LogP contribution < -0.4 is 16.0 Å². The number of nitrogens with zero attached hydrogens (tertiary/aromatic N) is 4. The number of hydrogen-bond donors (Lipinski definition) is 3. The lowest BCUT2D eigenvalue weighted by Gasteiger charge is -2.49. The Morgan fingerprint density at radius 1 is 1.16 bits per heavy atom. The number of amides is 1. The van der Waals surface area contributed by atoms with Crippen LogP contribution in [0.5, 0.6) is 0 Å². The summed E-state index contributed by atoms with van der Waals surface area (Å²) in [5.74, 6) is 2.43. The molecule has 1 amide bonds. The molecule has 1 aliphatic carbocycles. The van der Waals surface area contributed by atoms with E-state index in [-0.39, 0.29) is 23.4 Å². The average molecular weight is 430 g/mol. The molecule has 3 aliphatic rings. The summed E-state index contributed by atoms with van der Waals surface area (Å²) < 4.78 is 0. The summed E-state index contributed by atoms with van der Waals surface area (Å²) in [6, 6.07) is -0.255. The van der Waals surface area contributed by atoms with Gasteiger partial charge in [0.15, 0.2) is 11.6 Å². The van der Waals surface area contributed by atoms with Gasteiger partial charge in [-0.15, -0.1) is 0 Å². The van der Waals surface area contributed by atoms with Gasteiger partial charge in [0.2, 0.25) is 5.91 Å². The molecule has 1 saturated heterocycles. The molecule has 31 heavy (non-hydrogen) atoms. The van der Waals surface area contributed by atoms with Crippen molar-refractivity contribution in [3.05, 3.63) is 5.82 Å². The number of likely N-dealkylation sites (N-methyl/N-ethyl adjacent to an activating group) is 1. The Balaban J connectivity index is 1.55. The third kappa shape index (κ3) is 4.65. The minimum Gasteiger partial charge on any atom is -0.366 e. The van der Waals surface area contributed by atoms with Crippen molar-refractivity contribution in [2.45, 2.75) is 70.9 Å². The molecule has 0 aromatic carbocycles. The third-order valence-electron chi connectivity index (χ3n) is 7.60. The van der Waals surface area contributed by atoms with Crippen LogP contribution in [-0.2, 0) is 4.79 Å². The van der Waals surface area contributed by atoms with Gasteiger partial charge in [-0.2, -0.15) is 0 Å². The number of nitrogens with one attached hydrogen (secondary N) is 3. The number of rotatable bonds is 6. The van der Waals surface area contributed by atoms with Gasteiger partial charge >= 0.3 is 0 Å². The number of piperazine rings is 1. The molecule has 4 rings (SSSR count). The monoisotopic (exact) mass is 429 g/mol. The highest BCUT2D eigenvalue weighted by atomic mass is 16.2. The van der Waals surface area contributed by atoms with Gasteiger partial charge in [-0.1, -0.05) is 39.5 Å². The molecular formula is C23H39N7O. The molecule has 2 atom stereocenters. The minimum absolute atomic E-state index is 0.00352. The van der Waals surface area contributed by atoms with Gasteiger partial charge in [0.25, 0.3) is 0 Å². The zero-order valence-corrected chi connectivity index (χ0v) is 19.6. The maximum Gasteiger partial charge on any atom is 0.247 e. The molecule has 8 heteroatoms. The lowest BCUT2D eigenvalue weighted by atomic mass is 9.79. The Kier molecular flexibility index (Phi) is 6.67. The summed E-state index contributed by atoms with van der Waals surface area (Å²) in [6.07, 6.45) is 7.26. The smallest absolute Gasteiger partial charge is 0.247 e. The van der Waals surface area contributed by atoms with Crippen LogP contribution in [0.3, 0.4) is 0 Å². The molecule has 1 aromatic rings. The maximum absolute atomic E-state index is 12.8. The maximum atomic E-state index is 12.8. The first kappa shape index (κ1) is 22.3. The molecule has 8 nitrogen and oxygen atoms in total. The van der Waals surface area contributed by atoms with E-state index in [4.69, 9.17) is 0 Å². The number of aromatic nitrogens is 2. The number of aryl methyl sites for hydroxylation is 1. The van der Waals surface area contributed by atoms with E-state index in [1.165, 1.54) is 32.1 Å². The van der Waals surface area contributed by atoms with Crippen LogP contribution in [0.4, 0.5) is 17.3 Å². The lowest BCUT2D eigenvalue weighted by Crippen LogP contribution is -2.60. The summed E-state index contributed by atoms with van der Waals surface area (Å²) in [5, 5.41) is 10.1. The predicted octanol–water partition coefficient (Wildman–Crippen LogP) is 2.93. The van der Waals surface area contributed by atoms with Crippen LogP contribution in [0.1, 0.15) is 58.2 Å². The highest BCUT2D eigenvalue weighted by Crippen LogP contribution is 2.37. The number of carbonyl (C=O) groups excluding carboxylic acids is 1. The molecule has 1 aromatic heterocycles. The second-order valence-corrected chi connectivity index (χ2v) is 9.77. The zero-order chi connectivity index (χ0) is 22.0. The van der Waals surface area contributed by atoms with Crippen LogP contribution in [0.2, 0.25) is 0 Å². The summed E-state index contributed by atoms with van der Waals surface area (Å²) in [4.78, 5) is 27.2. The summed E-state index contributed by atoms with van der Waals surface area (Å²) in [6.45, 7) is 11.5. The summed E-state index contributed by atoms with van der Waals surface area (Å²) in [5.41, 5.74) is 0.857. The topological polar surface area (TPSA) is 85.4 Å². The van der Waals surface area contributed by atoms with Crippen molar-refractivity contribution in [1.82, 2.24) is 19.8 Å². The Labute approximate surface area is 186 Å². The highest BCUT2D eigenvalue weighted by Gasteiger charge is 2.39. The first-order valence-electron chi connectivity index (χ1n) is 12.1. The van der Waals surface area contributed by atoms with Gasteiger partial charge in [0.05, 0.1) is 0 Å². The van der Waals surface area contributed by atoms with E-state index < -0.39 is 0 Å². The van der Waals surface area contributed by atoms with Gasteiger partial charge in [-0.25, -0.2) is 9.97 Å². The quantitative estimate of drug-likeness (QED) is 0.641. The molecule has 172 valence electrons. The van der Waals surface area contributed by atoms with Crippen molar-refractivity contribution in [3.63, 3.8) is 0 Å². The van der Waals surface area contributed by atoms with Crippen LogP contribution >= 0.6 is 0 Å². The second-order valence-electron chi connectivity index (χ2n) is 9.77. The third-order valence-corrected chi connectivity index (χ3v) is 7.60. The molecular weight excluding hydrogens is 390 g/mol. The first-order valence-corrected chi connectivity index (χ1v) is 12.1. The number of anilines is 3. The van der Waals surface area contributed by atoms with E-state index in [0.29, 0.717) is 11.5 Å². The summed E-state index contributed by atoms with van der Waals surface area (Å²) in [7, 11) is 2.21. The first-order chi connectivity index (χ1) is 14.9. The molecule has 0 radical (unpaired) electrons. The van der Waals surface area contributed by atoms with Crippen molar-refractivity contribution in [3.8, 4) is 0 Å². The van der Waals surface area contributed by atoms with E-state index in [2.05, 4.69) is 56.6 Å². The molecule has 3 heterocycles. The van der Waals surface area contributed by atoms with Crippen molar-refractivity contribution in [2.75, 3.05) is 55.7 Å². The van der Waals surface area contributed by atoms with Gasteiger partial charge < -0.3 is 20.9 Å². The van der Waals surface area contributed by atoms with Crippen LogP contribution in [0.15, 0.2) is 0 Å². The van der Waals surface area contributed by atoms with Crippen molar-refractivity contribution < 1.29 is 4.79 Å². The molecule has 0 spiro atoms. The Morgan fingerprint density at radius 3 is 2.55 bits per heavy atom. The van der Waals surface area contributed by atoms with Crippen molar-refractivity contribution >= 4 is 23.2 Å². The number of carbonyl (C=O) groups is 1. The highest BCUT2D eigenvalue weighted by molar-refractivity contribution is 6.05. The molecule has 0 bridgehead atoms. The van der Waals surface area contributed by atoms with E-state index in [9.17, 15) is 4.79 Å². The number of hydrogen-bond acceptors (Lipinski definition) is 7. The zero-order valence-electron chi connectivity index (χ0n) is 19.6. The SMILES string of the molecule is CCC(C)C1Nc2nc(C)nc(NCC3(N4CCN(C)CC4)CCCCC3)c2NC1=O. The van der Waals surface area contributed by atoms with Crippen LogP contribution in [0.25, 0.3) is 0 Å². The fourth-order valence-corrected chi connectivity index (χ4v) is 5.32. The van der Waals surface area contributed by atoms with Crippen LogP contribution in [0, 0.1) is 12.8 Å².